The lowest BCUT2D eigenvalue weighted by Gasteiger charge is -2.10. The summed E-state index contributed by atoms with van der Waals surface area (Å²) in [5.74, 6) is -1.60. The van der Waals surface area contributed by atoms with Gasteiger partial charge in [0.15, 0.2) is 0 Å². The predicted molar refractivity (Wildman–Crippen MR) is 82.7 cm³/mol. The van der Waals surface area contributed by atoms with Crippen molar-refractivity contribution in [3.05, 3.63) is 58.7 Å². The highest BCUT2D eigenvalue weighted by Crippen LogP contribution is 2.24. The number of methoxy groups -OCH3 is 2. The molecule has 0 aliphatic carbocycles. The molecule has 0 aliphatic rings. The summed E-state index contributed by atoms with van der Waals surface area (Å²) in [5.41, 5.74) is 1.61. The minimum atomic E-state index is -1.08. The molecule has 0 atom stereocenters. The molecule has 0 bridgehead atoms. The summed E-state index contributed by atoms with van der Waals surface area (Å²) in [6.07, 6.45) is 0.397. The molecule has 0 saturated carbocycles. The van der Waals surface area contributed by atoms with E-state index in [0.29, 0.717) is 6.42 Å². The van der Waals surface area contributed by atoms with E-state index >= 15 is 0 Å². The van der Waals surface area contributed by atoms with Gasteiger partial charge in [0.2, 0.25) is 0 Å². The molecule has 2 aromatic rings. The van der Waals surface area contributed by atoms with Crippen molar-refractivity contribution in [2.45, 2.75) is 6.42 Å². The van der Waals surface area contributed by atoms with Gasteiger partial charge >= 0.3 is 11.9 Å². The largest absolute Gasteiger partial charge is 0.496 e. The maximum Gasteiger partial charge on any atom is 0.339 e. The summed E-state index contributed by atoms with van der Waals surface area (Å²) < 4.78 is 10.0. The van der Waals surface area contributed by atoms with Crippen LogP contribution in [-0.2, 0) is 6.42 Å². The van der Waals surface area contributed by atoms with Crippen LogP contribution in [0.25, 0.3) is 0 Å². The van der Waals surface area contributed by atoms with E-state index in [-0.39, 0.29) is 22.6 Å². The van der Waals surface area contributed by atoms with E-state index in [1.54, 1.807) is 24.3 Å². The van der Waals surface area contributed by atoms with Crippen LogP contribution < -0.4 is 9.47 Å². The molecule has 0 saturated heterocycles. The molecule has 2 aromatic carbocycles. The molecule has 0 amide bonds. The van der Waals surface area contributed by atoms with Gasteiger partial charge in [0.25, 0.3) is 0 Å². The standard InChI is InChI=1S/C17H16O6/c1-22-14-5-3-10(8-12(14)16(18)19)7-11-4-6-15(23-2)13(9-11)17(20)21/h3-6,8-9H,7H2,1-2H3,(H,18,19)(H,20,21). The third-order valence-electron chi connectivity index (χ3n) is 3.40. The topological polar surface area (TPSA) is 93.1 Å². The summed E-state index contributed by atoms with van der Waals surface area (Å²) >= 11 is 0. The van der Waals surface area contributed by atoms with E-state index in [9.17, 15) is 19.8 Å². The second-order valence-corrected chi connectivity index (χ2v) is 4.86. The lowest BCUT2D eigenvalue weighted by molar-refractivity contribution is 0.0682. The van der Waals surface area contributed by atoms with E-state index in [2.05, 4.69) is 0 Å². The van der Waals surface area contributed by atoms with Crippen LogP contribution in [0.4, 0.5) is 0 Å². The molecule has 0 spiro atoms. The maximum atomic E-state index is 11.2. The molecule has 6 nitrogen and oxygen atoms in total. The number of ether oxygens (including phenoxy) is 2. The van der Waals surface area contributed by atoms with Crippen molar-refractivity contribution >= 4 is 11.9 Å². The summed E-state index contributed by atoms with van der Waals surface area (Å²) in [6, 6.07) is 9.70. The Hall–Kier alpha value is -3.02. The second kappa shape index (κ2) is 6.83. The van der Waals surface area contributed by atoms with Crippen LogP contribution in [-0.4, -0.2) is 36.4 Å². The predicted octanol–water partition coefficient (Wildman–Crippen LogP) is 2.69. The van der Waals surface area contributed by atoms with Crippen molar-refractivity contribution in [3.63, 3.8) is 0 Å². The average Bonchev–Trinajstić information content (AvgIpc) is 2.54. The molecule has 2 N–H and O–H groups in total. The fraction of sp³-hybridized carbons (Fsp3) is 0.176. The van der Waals surface area contributed by atoms with Crippen molar-refractivity contribution in [2.75, 3.05) is 14.2 Å². The van der Waals surface area contributed by atoms with Gasteiger partial charge in [-0.05, 0) is 41.8 Å². The molecule has 0 aliphatic heterocycles. The van der Waals surface area contributed by atoms with Crippen LogP contribution in [0.5, 0.6) is 11.5 Å². The van der Waals surface area contributed by atoms with E-state index in [1.807, 2.05) is 0 Å². The number of hydrogen-bond acceptors (Lipinski definition) is 4. The first-order chi connectivity index (χ1) is 11.0. The van der Waals surface area contributed by atoms with Crippen LogP contribution >= 0.6 is 0 Å². The molecular formula is C17H16O6. The third kappa shape index (κ3) is 3.60. The van der Waals surface area contributed by atoms with Gasteiger partial charge < -0.3 is 19.7 Å². The molecule has 0 aromatic heterocycles. The second-order valence-electron chi connectivity index (χ2n) is 4.86. The summed E-state index contributed by atoms with van der Waals surface area (Å²) in [5, 5.41) is 18.4. The summed E-state index contributed by atoms with van der Waals surface area (Å²) in [6.45, 7) is 0. The van der Waals surface area contributed by atoms with Crippen molar-refractivity contribution in [3.8, 4) is 11.5 Å². The Kier molecular flexibility index (Phi) is 4.85. The molecule has 0 unspecified atom stereocenters. The van der Waals surface area contributed by atoms with Crippen molar-refractivity contribution in [1.29, 1.82) is 0 Å². The number of hydrogen-bond donors (Lipinski definition) is 2. The Morgan fingerprint density at radius 1 is 0.826 bits per heavy atom. The van der Waals surface area contributed by atoms with Gasteiger partial charge in [0.05, 0.1) is 14.2 Å². The number of carbonyl (C=O) groups is 2. The molecule has 120 valence electrons. The number of carboxylic acids is 2. The zero-order valence-corrected chi connectivity index (χ0v) is 12.7. The first-order valence-corrected chi connectivity index (χ1v) is 6.76. The van der Waals surface area contributed by atoms with Gasteiger partial charge in [0, 0.05) is 0 Å². The van der Waals surface area contributed by atoms with Gasteiger partial charge in [-0.15, -0.1) is 0 Å². The van der Waals surface area contributed by atoms with Crippen LogP contribution in [0.3, 0.4) is 0 Å². The fourth-order valence-corrected chi connectivity index (χ4v) is 2.30. The number of aromatic carboxylic acids is 2. The van der Waals surface area contributed by atoms with Crippen LogP contribution in [0.2, 0.25) is 0 Å². The first-order valence-electron chi connectivity index (χ1n) is 6.76. The summed E-state index contributed by atoms with van der Waals surface area (Å²) in [4.78, 5) is 22.5. The van der Waals surface area contributed by atoms with Gasteiger partial charge in [-0.2, -0.15) is 0 Å². The number of benzene rings is 2. The molecular weight excluding hydrogens is 300 g/mol. The highest BCUT2D eigenvalue weighted by atomic mass is 16.5. The normalized spacial score (nSPS) is 10.2. The molecule has 6 heteroatoms. The molecule has 23 heavy (non-hydrogen) atoms. The monoisotopic (exact) mass is 316 g/mol. The van der Waals surface area contributed by atoms with Gasteiger partial charge in [-0.1, -0.05) is 12.1 Å². The van der Waals surface area contributed by atoms with Crippen molar-refractivity contribution in [1.82, 2.24) is 0 Å². The SMILES string of the molecule is COc1ccc(Cc2ccc(OC)c(C(=O)O)c2)cc1C(=O)O. The van der Waals surface area contributed by atoms with E-state index in [1.165, 1.54) is 26.4 Å². The zero-order chi connectivity index (χ0) is 17.0. The Bertz CT molecular complexity index is 687. The van der Waals surface area contributed by atoms with Crippen LogP contribution in [0.1, 0.15) is 31.8 Å². The van der Waals surface area contributed by atoms with Crippen molar-refractivity contribution < 1.29 is 29.3 Å². The zero-order valence-electron chi connectivity index (χ0n) is 12.7. The lowest BCUT2D eigenvalue weighted by Crippen LogP contribution is -2.03. The highest BCUT2D eigenvalue weighted by molar-refractivity contribution is 5.92. The van der Waals surface area contributed by atoms with Crippen molar-refractivity contribution in [2.24, 2.45) is 0 Å². The molecule has 0 radical (unpaired) electrons. The van der Waals surface area contributed by atoms with Gasteiger partial charge in [-0.25, -0.2) is 9.59 Å². The van der Waals surface area contributed by atoms with Crippen LogP contribution in [0.15, 0.2) is 36.4 Å². The molecule has 2 rings (SSSR count). The Labute approximate surface area is 132 Å². The number of carboxylic acid groups (broad SMARTS) is 2. The maximum absolute atomic E-state index is 11.2. The third-order valence-corrected chi connectivity index (χ3v) is 3.40. The smallest absolute Gasteiger partial charge is 0.339 e. The Morgan fingerprint density at radius 3 is 1.52 bits per heavy atom. The van der Waals surface area contributed by atoms with E-state index < -0.39 is 11.9 Å². The number of rotatable bonds is 6. The van der Waals surface area contributed by atoms with Crippen LogP contribution in [0, 0.1) is 0 Å². The van der Waals surface area contributed by atoms with E-state index in [4.69, 9.17) is 9.47 Å². The molecule has 0 heterocycles. The fourth-order valence-electron chi connectivity index (χ4n) is 2.30. The average molecular weight is 316 g/mol. The quantitative estimate of drug-likeness (QED) is 0.851. The van der Waals surface area contributed by atoms with E-state index in [0.717, 1.165) is 11.1 Å². The minimum Gasteiger partial charge on any atom is -0.496 e. The first kappa shape index (κ1) is 16.4. The Morgan fingerprint density at radius 2 is 1.22 bits per heavy atom. The van der Waals surface area contributed by atoms with Gasteiger partial charge in [0.1, 0.15) is 22.6 Å². The van der Waals surface area contributed by atoms with Gasteiger partial charge in [-0.3, -0.25) is 0 Å². The molecule has 0 fully saturated rings. The Balaban J connectivity index is 2.36. The highest BCUT2D eigenvalue weighted by Gasteiger charge is 2.14. The minimum absolute atomic E-state index is 0.0666. The summed E-state index contributed by atoms with van der Waals surface area (Å²) in [7, 11) is 2.81. The lowest BCUT2D eigenvalue weighted by atomic mass is 10.00.